The molecule has 0 aliphatic carbocycles. The van der Waals surface area contributed by atoms with Crippen LogP contribution >= 0.6 is 23.5 Å². The molecule has 2 heterocycles. The summed E-state index contributed by atoms with van der Waals surface area (Å²) in [5, 5.41) is 16.7. The van der Waals surface area contributed by atoms with Crippen LogP contribution in [0.3, 0.4) is 0 Å². The van der Waals surface area contributed by atoms with Crippen molar-refractivity contribution in [2.45, 2.75) is 25.4 Å². The molecule has 2 aromatic heterocycles. The Morgan fingerprint density at radius 3 is 1.27 bits per heavy atom. The summed E-state index contributed by atoms with van der Waals surface area (Å²) < 4.78 is 1.51. The minimum atomic E-state index is 0. The third kappa shape index (κ3) is 14.4. The van der Waals surface area contributed by atoms with Gasteiger partial charge in [0.25, 0.3) is 8.75 Å². The second-order valence-electron chi connectivity index (χ2n) is 8.16. The number of pyridine rings is 2. The predicted molar refractivity (Wildman–Crippen MR) is 189 cm³/mol. The van der Waals surface area contributed by atoms with Gasteiger partial charge in [0.2, 0.25) is 0 Å². The van der Waals surface area contributed by atoms with Crippen LogP contribution in [0.1, 0.15) is 36.4 Å². The molecule has 4 rings (SSSR count). The number of hydrogen-bond donors (Lipinski definition) is 0. The summed E-state index contributed by atoms with van der Waals surface area (Å²) in [5.41, 5.74) is 5.78. The fraction of sp³-hybridized carbons (Fsp3) is 0.133. The molecule has 0 fully saturated rings. The van der Waals surface area contributed by atoms with Crippen LogP contribution < -0.4 is 0 Å². The Balaban J connectivity index is 0.000000280. The molecule has 11 heteroatoms. The summed E-state index contributed by atoms with van der Waals surface area (Å²) in [6.45, 7) is 3.79. The van der Waals surface area contributed by atoms with E-state index >= 15 is 0 Å². The van der Waals surface area contributed by atoms with Crippen molar-refractivity contribution < 1.29 is 0 Å². The molecule has 208 valence electrons. The Morgan fingerprint density at radius 2 is 0.927 bits per heavy atom. The molecule has 0 spiro atoms. The van der Waals surface area contributed by atoms with Crippen LogP contribution in [0, 0.1) is 0 Å². The molecule has 0 atom stereocenters. The summed E-state index contributed by atoms with van der Waals surface area (Å²) in [4.78, 5) is 8.45. The molecule has 0 saturated carbocycles. The molecule has 0 aliphatic heterocycles. The Kier molecular flexibility index (Phi) is 17.4. The van der Waals surface area contributed by atoms with Crippen molar-refractivity contribution in [2.24, 2.45) is 20.4 Å². The smallest absolute Gasteiger partial charge is 0.255 e. The average molecular weight is 724 g/mol. The van der Waals surface area contributed by atoms with Crippen molar-refractivity contribution >= 4 is 92.9 Å². The van der Waals surface area contributed by atoms with E-state index in [0.717, 1.165) is 43.1 Å². The maximum Gasteiger partial charge on any atom is 0.296 e. The standard InChI is InChI=1S/2C15H15N3S2.Sn/c2*1-12(14-9-5-6-10-16-14)17-18-15(19)20-11-13-7-3-2-4-8-13;/h2*2-10H,11H2,1H3,(H,18,19);/p+2. The molecule has 2 aromatic carbocycles. The number of nitrogens with zero attached hydrogens (tertiary/aromatic N) is 6. The molecular weight excluding hydrogens is 691 g/mol. The molecule has 0 bridgehead atoms. The van der Waals surface area contributed by atoms with E-state index in [1.54, 1.807) is 35.9 Å². The summed E-state index contributed by atoms with van der Waals surface area (Å²) in [7, 11) is 0. The van der Waals surface area contributed by atoms with Crippen LogP contribution in [0.5, 0.6) is 0 Å². The third-order valence-corrected chi connectivity index (χ3v) is 7.82. The first-order valence-corrected chi connectivity index (χ1v) is 15.3. The Hall–Kier alpha value is -2.38. The van der Waals surface area contributed by atoms with E-state index in [2.05, 4.69) is 79.9 Å². The molecule has 0 aliphatic rings. The average Bonchev–Trinajstić information content (AvgIpc) is 3.02. The van der Waals surface area contributed by atoms with Gasteiger partial charge < -0.3 is 0 Å². The third-order valence-electron chi connectivity index (χ3n) is 5.09. The minimum absolute atomic E-state index is 0. The number of rotatable bonds is 8. The zero-order valence-corrected chi connectivity index (χ0v) is 29.3. The molecular formula is C30H32N6S4Sn+2. The van der Waals surface area contributed by atoms with Gasteiger partial charge in [-0.2, -0.15) is 0 Å². The van der Waals surface area contributed by atoms with Crippen LogP contribution in [0.2, 0.25) is 0 Å². The van der Waals surface area contributed by atoms with Gasteiger partial charge in [-0.25, -0.2) is 0 Å². The Bertz CT molecular complexity index is 1310. The molecule has 0 amide bonds. The Morgan fingerprint density at radius 1 is 0.561 bits per heavy atom. The summed E-state index contributed by atoms with van der Waals surface area (Å²) in [5.74, 6) is 1.72. The van der Waals surface area contributed by atoms with Crippen LogP contribution in [0.4, 0.5) is 0 Å². The van der Waals surface area contributed by atoms with Gasteiger partial charge in [-0.1, -0.05) is 83.0 Å². The number of hydrogen-bond acceptors (Lipinski definition) is 8. The van der Waals surface area contributed by atoms with Gasteiger partial charge in [0, 0.05) is 73.1 Å². The first-order chi connectivity index (χ1) is 19.5. The second-order valence-corrected chi connectivity index (χ2v) is 11.8. The molecule has 0 saturated heterocycles. The summed E-state index contributed by atoms with van der Waals surface area (Å²) in [6, 6.07) is 32.0. The Labute approximate surface area is 278 Å². The van der Waals surface area contributed by atoms with E-state index in [9.17, 15) is 0 Å². The van der Waals surface area contributed by atoms with Crippen LogP contribution in [-0.4, -0.2) is 54.1 Å². The van der Waals surface area contributed by atoms with Crippen molar-refractivity contribution in [1.82, 2.24) is 9.97 Å². The number of benzene rings is 2. The molecule has 0 N–H and O–H groups in total. The van der Waals surface area contributed by atoms with Gasteiger partial charge in [-0.3, -0.25) is 9.97 Å². The van der Waals surface area contributed by atoms with E-state index < -0.39 is 0 Å². The van der Waals surface area contributed by atoms with Crippen molar-refractivity contribution in [3.05, 3.63) is 132 Å². The molecule has 4 radical (unpaired) electrons. The van der Waals surface area contributed by atoms with E-state index in [1.165, 1.54) is 11.1 Å². The van der Waals surface area contributed by atoms with Gasteiger partial charge >= 0.3 is 0 Å². The monoisotopic (exact) mass is 724 g/mol. The number of aromatic nitrogens is 2. The topological polar surface area (TPSA) is 75.2 Å². The largest absolute Gasteiger partial charge is 0.296 e. The van der Waals surface area contributed by atoms with Gasteiger partial charge in [0.15, 0.2) is 0 Å². The van der Waals surface area contributed by atoms with Crippen LogP contribution in [0.15, 0.2) is 130 Å². The summed E-state index contributed by atoms with van der Waals surface area (Å²) >= 11 is 10.2. The minimum Gasteiger partial charge on any atom is -0.255 e. The first kappa shape index (κ1) is 34.8. The van der Waals surface area contributed by atoms with Gasteiger partial charge in [-0.15, -0.1) is 10.2 Å². The fourth-order valence-electron chi connectivity index (χ4n) is 3.01. The maximum atomic E-state index is 4.23. The van der Waals surface area contributed by atoms with Crippen LogP contribution in [-0.2, 0) is 36.8 Å². The quantitative estimate of drug-likeness (QED) is 0.0755. The van der Waals surface area contributed by atoms with E-state index in [-0.39, 0.29) is 23.9 Å². The van der Waals surface area contributed by atoms with Crippen molar-refractivity contribution in [1.29, 1.82) is 0 Å². The predicted octanol–water partition coefficient (Wildman–Crippen LogP) is 5.83. The van der Waals surface area contributed by atoms with Gasteiger partial charge in [-0.05, 0) is 72.8 Å². The molecule has 6 nitrogen and oxygen atoms in total. The van der Waals surface area contributed by atoms with E-state index in [4.69, 9.17) is 0 Å². The zero-order chi connectivity index (χ0) is 28.4. The van der Waals surface area contributed by atoms with E-state index in [0.29, 0.717) is 0 Å². The fourth-order valence-corrected chi connectivity index (χ4v) is 4.73. The first-order valence-electron chi connectivity index (χ1n) is 12.3. The normalized spacial score (nSPS) is 12.2. The van der Waals surface area contributed by atoms with E-state index in [1.807, 2.05) is 86.6 Å². The van der Waals surface area contributed by atoms with Crippen molar-refractivity contribution in [3.8, 4) is 0 Å². The molecule has 4 aromatic rings. The zero-order valence-electron chi connectivity index (χ0n) is 22.8. The van der Waals surface area contributed by atoms with Gasteiger partial charge in [0.1, 0.15) is 0 Å². The molecule has 41 heavy (non-hydrogen) atoms. The van der Waals surface area contributed by atoms with Crippen LogP contribution in [0.25, 0.3) is 0 Å². The summed E-state index contributed by atoms with van der Waals surface area (Å²) in [6.07, 6.45) is 3.49. The van der Waals surface area contributed by atoms with Gasteiger partial charge in [0.05, 0.1) is 22.8 Å². The second kappa shape index (κ2) is 20.5. The van der Waals surface area contributed by atoms with Crippen molar-refractivity contribution in [3.63, 3.8) is 0 Å². The number of thioether (sulfide) groups is 2. The molecule has 0 unspecified atom stereocenters. The van der Waals surface area contributed by atoms with Crippen molar-refractivity contribution in [2.75, 3.05) is 0 Å². The maximum absolute atomic E-state index is 4.23. The SMILES string of the molecule is CC(=NN=C([SH2+])SCc1ccccc1)c1ccccn1.CC(=NN=C([SH2+])SCc1ccccc1)c1ccccn1.[Sn].